The van der Waals surface area contributed by atoms with Crippen LogP contribution in [-0.2, 0) is 9.98 Å². The van der Waals surface area contributed by atoms with Crippen LogP contribution in [0.3, 0.4) is 0 Å². The Morgan fingerprint density at radius 1 is 0.462 bits per heavy atom. The Morgan fingerprint density at radius 3 is 2.00 bits per heavy atom. The van der Waals surface area contributed by atoms with Crippen molar-refractivity contribution in [2.75, 3.05) is 0 Å². The van der Waals surface area contributed by atoms with E-state index in [0.717, 1.165) is 54.5 Å². The van der Waals surface area contributed by atoms with Crippen molar-refractivity contribution in [3.63, 3.8) is 0 Å². The summed E-state index contributed by atoms with van der Waals surface area (Å²) < 4.78 is 17.8. The lowest BCUT2D eigenvalue weighted by atomic mass is 9.82. The quantitative estimate of drug-likeness (QED) is 0.170. The summed E-state index contributed by atoms with van der Waals surface area (Å²) in [5, 5.41) is 7.54. The number of fused-ring (bicyclic) bond motifs is 10. The lowest BCUT2D eigenvalue weighted by Crippen LogP contribution is -2.20. The Labute approximate surface area is 303 Å². The van der Waals surface area contributed by atoms with Crippen LogP contribution >= 0.6 is 7.14 Å². The third-order valence-corrected chi connectivity index (χ3v) is 14.9. The molecule has 1 aliphatic heterocycles. The zero-order valence-electron chi connectivity index (χ0n) is 29.0. The molecule has 1 aromatic heterocycles. The van der Waals surface area contributed by atoms with Gasteiger partial charge in [-0.15, -0.1) is 0 Å². The van der Waals surface area contributed by atoms with Gasteiger partial charge in [-0.2, -0.15) is 0 Å². The highest BCUT2D eigenvalue weighted by atomic mass is 31.2. The molecular weight excluding hydrogens is 650 g/mol. The largest absolute Gasteiger partial charge is 0.309 e. The lowest BCUT2D eigenvalue weighted by molar-refractivity contribution is 0.593. The monoisotopic (exact) mass is 683 g/mol. The molecule has 0 radical (unpaired) electrons. The Balaban J connectivity index is 1.14. The molecule has 1 aliphatic carbocycles. The minimum atomic E-state index is -3.06. The first-order valence-corrected chi connectivity index (χ1v) is 19.7. The number of aromatic nitrogens is 1. The van der Waals surface area contributed by atoms with E-state index < -0.39 is 7.14 Å². The zero-order chi connectivity index (χ0) is 34.8. The summed E-state index contributed by atoms with van der Waals surface area (Å²) in [4.78, 5) is 0. The average molecular weight is 684 g/mol. The van der Waals surface area contributed by atoms with Crippen LogP contribution in [0, 0.1) is 0 Å². The molecule has 3 heteroatoms. The summed E-state index contributed by atoms with van der Waals surface area (Å²) in [6.07, 6.45) is 0. The van der Waals surface area contributed by atoms with E-state index in [1.54, 1.807) is 0 Å². The van der Waals surface area contributed by atoms with Crippen LogP contribution in [-0.4, -0.2) is 4.57 Å². The highest BCUT2D eigenvalue weighted by Gasteiger charge is 2.41. The molecular formula is C49H34NOP. The number of hydrogen-bond acceptors (Lipinski definition) is 1. The summed E-state index contributed by atoms with van der Waals surface area (Å²) in [7, 11) is -3.06. The predicted octanol–water partition coefficient (Wildman–Crippen LogP) is 11.5. The number of rotatable bonds is 3. The van der Waals surface area contributed by atoms with Crippen molar-refractivity contribution in [3.05, 3.63) is 181 Å². The first-order chi connectivity index (χ1) is 25.4. The molecule has 246 valence electrons. The van der Waals surface area contributed by atoms with Gasteiger partial charge in [-0.3, -0.25) is 0 Å². The topological polar surface area (TPSA) is 22.0 Å². The van der Waals surface area contributed by atoms with E-state index in [2.05, 4.69) is 152 Å². The second-order valence-corrected chi connectivity index (χ2v) is 17.6. The number of benzene rings is 8. The lowest BCUT2D eigenvalue weighted by Gasteiger charge is -2.22. The first-order valence-electron chi connectivity index (χ1n) is 18.0. The fourth-order valence-electron chi connectivity index (χ4n) is 9.22. The first kappa shape index (κ1) is 29.7. The van der Waals surface area contributed by atoms with Gasteiger partial charge in [0, 0.05) is 37.8 Å². The summed E-state index contributed by atoms with van der Waals surface area (Å²) >= 11 is 0. The van der Waals surface area contributed by atoms with Crippen molar-refractivity contribution in [1.82, 2.24) is 4.57 Å². The third kappa shape index (κ3) is 3.93. The maximum atomic E-state index is 15.4. The van der Waals surface area contributed by atoms with Crippen LogP contribution in [0.1, 0.15) is 25.0 Å². The number of para-hydroxylation sites is 1. The van der Waals surface area contributed by atoms with Gasteiger partial charge in [0.1, 0.15) is 0 Å². The van der Waals surface area contributed by atoms with Gasteiger partial charge in [0.15, 0.2) is 7.14 Å². The molecule has 52 heavy (non-hydrogen) atoms. The van der Waals surface area contributed by atoms with Gasteiger partial charge in [-0.1, -0.05) is 141 Å². The van der Waals surface area contributed by atoms with Crippen molar-refractivity contribution in [2.45, 2.75) is 19.3 Å². The van der Waals surface area contributed by atoms with Crippen molar-refractivity contribution in [1.29, 1.82) is 0 Å². The van der Waals surface area contributed by atoms with Gasteiger partial charge < -0.3 is 9.13 Å². The van der Waals surface area contributed by atoms with Crippen LogP contribution in [0.15, 0.2) is 170 Å². The van der Waals surface area contributed by atoms with Gasteiger partial charge in [0.05, 0.1) is 11.0 Å². The molecule has 0 fully saturated rings. The minimum Gasteiger partial charge on any atom is -0.309 e. The molecule has 0 saturated heterocycles. The van der Waals surface area contributed by atoms with Crippen LogP contribution in [0.5, 0.6) is 0 Å². The highest BCUT2D eigenvalue weighted by molar-refractivity contribution is 7.86. The summed E-state index contributed by atoms with van der Waals surface area (Å²) in [6, 6.07) is 60.9. The fraction of sp³-hybridized carbons (Fsp3) is 0.0612. The molecule has 8 aromatic carbocycles. The molecule has 1 atom stereocenters. The Kier molecular flexibility index (Phi) is 6.03. The van der Waals surface area contributed by atoms with E-state index in [9.17, 15) is 0 Å². The third-order valence-electron chi connectivity index (χ3n) is 11.8. The summed E-state index contributed by atoms with van der Waals surface area (Å²) in [6.45, 7) is 4.69. The maximum Gasteiger partial charge on any atom is 0.172 e. The molecule has 1 unspecified atom stereocenters. The van der Waals surface area contributed by atoms with Gasteiger partial charge in [-0.25, -0.2) is 0 Å². The van der Waals surface area contributed by atoms with E-state index in [1.165, 1.54) is 44.2 Å². The minimum absolute atomic E-state index is 0.116. The molecule has 0 saturated carbocycles. The Hall–Kier alpha value is -5.95. The molecule has 9 aromatic rings. The molecule has 2 nitrogen and oxygen atoms in total. The van der Waals surface area contributed by atoms with E-state index in [-0.39, 0.29) is 5.41 Å². The van der Waals surface area contributed by atoms with Crippen LogP contribution in [0.4, 0.5) is 0 Å². The van der Waals surface area contributed by atoms with Crippen LogP contribution in [0.2, 0.25) is 0 Å². The van der Waals surface area contributed by atoms with E-state index >= 15 is 4.57 Å². The smallest absolute Gasteiger partial charge is 0.172 e. The standard InChI is InChI=1S/C49H34NOP/c1-49(2)43-24-22-34(33-21-20-31-12-6-7-13-32(31)26-33)27-39(43)40-28-35(23-25-44(40)49)50-45-18-10-8-16-37(45)41-30-48-42(29-46(41)50)38-17-9-11-19-47(38)52(48,51)36-14-4-3-5-15-36/h3-30H,1-2H3. The molecule has 2 heterocycles. The second kappa shape index (κ2) is 10.5. The second-order valence-electron chi connectivity index (χ2n) is 14.9. The maximum absolute atomic E-state index is 15.4. The van der Waals surface area contributed by atoms with Gasteiger partial charge in [0.2, 0.25) is 0 Å². The van der Waals surface area contributed by atoms with E-state index in [4.69, 9.17) is 0 Å². The molecule has 0 spiro atoms. The van der Waals surface area contributed by atoms with Gasteiger partial charge >= 0.3 is 0 Å². The van der Waals surface area contributed by atoms with Crippen molar-refractivity contribution < 1.29 is 4.57 Å². The van der Waals surface area contributed by atoms with Crippen LogP contribution in [0.25, 0.3) is 71.6 Å². The van der Waals surface area contributed by atoms with Gasteiger partial charge in [0.25, 0.3) is 0 Å². The average Bonchev–Trinajstić information content (AvgIpc) is 3.74. The molecule has 0 amide bonds. The van der Waals surface area contributed by atoms with Crippen LogP contribution < -0.4 is 15.9 Å². The van der Waals surface area contributed by atoms with Crippen molar-refractivity contribution in [3.8, 4) is 39.1 Å². The van der Waals surface area contributed by atoms with E-state index in [0.29, 0.717) is 0 Å². The van der Waals surface area contributed by atoms with E-state index in [1.807, 2.05) is 36.4 Å². The predicted molar refractivity (Wildman–Crippen MR) is 220 cm³/mol. The SMILES string of the molecule is CC1(C)c2ccc(-c3ccc4ccccc4c3)cc2-c2cc(-n3c4ccccc4c4cc5c(cc43)-c3ccccc3P5(=O)c3ccccc3)ccc21. The van der Waals surface area contributed by atoms with Gasteiger partial charge in [-0.05, 0) is 97.7 Å². The zero-order valence-corrected chi connectivity index (χ0v) is 29.9. The molecule has 2 aliphatic rings. The molecule has 11 rings (SSSR count). The molecule has 0 N–H and O–H groups in total. The molecule has 0 bridgehead atoms. The van der Waals surface area contributed by atoms with Crippen molar-refractivity contribution in [2.24, 2.45) is 0 Å². The highest BCUT2D eigenvalue weighted by Crippen LogP contribution is 2.54. The normalized spacial score (nSPS) is 16.6. The summed E-state index contributed by atoms with van der Waals surface area (Å²) in [5.74, 6) is 0. The fourth-order valence-corrected chi connectivity index (χ4v) is 12.3. The number of nitrogens with zero attached hydrogens (tertiary/aromatic N) is 1. The number of hydrogen-bond donors (Lipinski definition) is 0. The summed E-state index contributed by atoms with van der Waals surface area (Å²) in [5.41, 5.74) is 13.2. The Morgan fingerprint density at radius 2 is 1.13 bits per heavy atom. The Bertz CT molecular complexity index is 3020. The van der Waals surface area contributed by atoms with Crippen molar-refractivity contribution >= 4 is 55.6 Å².